The van der Waals surface area contributed by atoms with Gasteiger partial charge in [-0.15, -0.1) is 0 Å². The number of nitrogens with zero attached hydrogens (tertiary/aromatic N) is 2. The number of alkyl carbamates (subject to hydrolysis) is 1. The van der Waals surface area contributed by atoms with Gasteiger partial charge in [0.25, 0.3) is 0 Å². The molecule has 1 aromatic heterocycles. The van der Waals surface area contributed by atoms with Gasteiger partial charge in [0, 0.05) is 19.5 Å². The van der Waals surface area contributed by atoms with Crippen molar-refractivity contribution in [3.05, 3.63) is 6.20 Å². The number of hydrogen-bond donors (Lipinski definition) is 2. The summed E-state index contributed by atoms with van der Waals surface area (Å²) in [5.41, 5.74) is 0.396. The van der Waals surface area contributed by atoms with E-state index in [4.69, 9.17) is 9.47 Å². The van der Waals surface area contributed by atoms with E-state index in [0.29, 0.717) is 19.7 Å². The summed E-state index contributed by atoms with van der Waals surface area (Å²) in [5, 5.41) is 10.0. The molecule has 0 radical (unpaired) electrons. The van der Waals surface area contributed by atoms with Gasteiger partial charge in [0.05, 0.1) is 19.3 Å². The van der Waals surface area contributed by atoms with Gasteiger partial charge in [0.1, 0.15) is 11.3 Å². The topological polar surface area (TPSA) is 77.4 Å². The zero-order valence-corrected chi connectivity index (χ0v) is 12.4. The van der Waals surface area contributed by atoms with Crippen molar-refractivity contribution in [3.63, 3.8) is 0 Å². The number of amides is 1. The highest BCUT2D eigenvalue weighted by atomic mass is 16.6. The molecule has 0 aromatic carbocycles. The van der Waals surface area contributed by atoms with E-state index in [9.17, 15) is 4.79 Å². The summed E-state index contributed by atoms with van der Waals surface area (Å²) >= 11 is 0. The lowest BCUT2D eigenvalue weighted by atomic mass is 10.1. The second kappa shape index (κ2) is 5.60. The van der Waals surface area contributed by atoms with Gasteiger partial charge in [-0.25, -0.2) is 9.48 Å². The minimum atomic E-state index is -0.482. The molecule has 2 heterocycles. The Morgan fingerprint density at radius 1 is 1.60 bits per heavy atom. The summed E-state index contributed by atoms with van der Waals surface area (Å²) in [6.45, 7) is 7.29. The fourth-order valence-corrected chi connectivity index (χ4v) is 1.99. The fourth-order valence-electron chi connectivity index (χ4n) is 1.99. The van der Waals surface area contributed by atoms with Crippen LogP contribution in [0.4, 0.5) is 10.5 Å². The second-order valence-electron chi connectivity index (χ2n) is 5.86. The molecule has 0 bridgehead atoms. The van der Waals surface area contributed by atoms with E-state index in [0.717, 1.165) is 11.6 Å². The molecule has 0 aliphatic carbocycles. The molecule has 1 atom stereocenters. The van der Waals surface area contributed by atoms with Crippen molar-refractivity contribution < 1.29 is 14.3 Å². The average molecular weight is 282 g/mol. The number of carbonyl (C=O) groups excluding carboxylic acids is 1. The van der Waals surface area contributed by atoms with Crippen LogP contribution in [0.15, 0.2) is 6.20 Å². The number of rotatable bonds is 3. The van der Waals surface area contributed by atoms with Gasteiger partial charge in [-0.2, -0.15) is 5.10 Å². The highest BCUT2D eigenvalue weighted by molar-refractivity contribution is 5.67. The summed E-state index contributed by atoms with van der Waals surface area (Å²) < 4.78 is 12.7. The molecule has 2 rings (SSSR count). The first kappa shape index (κ1) is 14.5. The molecule has 7 nitrogen and oxygen atoms in total. The first-order chi connectivity index (χ1) is 9.39. The van der Waals surface area contributed by atoms with E-state index in [1.165, 1.54) is 0 Å². The Bertz CT molecular complexity index is 478. The molecular formula is C13H22N4O3. The first-order valence-electron chi connectivity index (χ1n) is 6.72. The third-order valence-electron chi connectivity index (χ3n) is 2.88. The summed E-state index contributed by atoms with van der Waals surface area (Å²) in [6.07, 6.45) is 1.33. The molecule has 1 amide bonds. The quantitative estimate of drug-likeness (QED) is 0.877. The maximum atomic E-state index is 11.6. The molecule has 20 heavy (non-hydrogen) atoms. The van der Waals surface area contributed by atoms with Gasteiger partial charge in [0.15, 0.2) is 0 Å². The fraction of sp³-hybridized carbons (Fsp3) is 0.692. The molecule has 1 unspecified atom stereocenters. The van der Waals surface area contributed by atoms with E-state index in [1.54, 1.807) is 10.9 Å². The number of aromatic nitrogens is 2. The monoisotopic (exact) mass is 282 g/mol. The van der Waals surface area contributed by atoms with Crippen molar-refractivity contribution in [2.24, 2.45) is 5.92 Å². The molecule has 2 N–H and O–H groups in total. The molecule has 0 saturated heterocycles. The van der Waals surface area contributed by atoms with E-state index >= 15 is 0 Å². The molecule has 0 saturated carbocycles. The summed E-state index contributed by atoms with van der Waals surface area (Å²) in [4.78, 5) is 11.6. The molecule has 1 aliphatic heterocycles. The lowest BCUT2D eigenvalue weighted by Gasteiger charge is -2.25. The number of fused-ring (bicyclic) bond motifs is 1. The normalized spacial score (nSPS) is 17.9. The highest BCUT2D eigenvalue weighted by Crippen LogP contribution is 2.28. The number of anilines is 1. The number of carbonyl (C=O) groups is 1. The molecule has 0 spiro atoms. The van der Waals surface area contributed by atoms with Crippen LogP contribution in [0.2, 0.25) is 0 Å². The van der Waals surface area contributed by atoms with Crippen LogP contribution in [0, 0.1) is 5.92 Å². The zero-order chi connectivity index (χ0) is 14.8. The van der Waals surface area contributed by atoms with Crippen molar-refractivity contribution in [2.45, 2.75) is 32.9 Å². The maximum absolute atomic E-state index is 11.6. The Morgan fingerprint density at radius 2 is 2.35 bits per heavy atom. The van der Waals surface area contributed by atoms with Crippen molar-refractivity contribution in [2.75, 3.05) is 25.5 Å². The van der Waals surface area contributed by atoms with Crippen molar-refractivity contribution in [1.82, 2.24) is 15.1 Å². The molecule has 1 aromatic rings. The SMILES string of the molecule is CNc1cnn2c1OCC(CNC(=O)OC(C)(C)C)C2. The average Bonchev–Trinajstić information content (AvgIpc) is 2.76. The van der Waals surface area contributed by atoms with Crippen LogP contribution < -0.4 is 15.4 Å². The predicted molar refractivity (Wildman–Crippen MR) is 75.0 cm³/mol. The Kier molecular flexibility index (Phi) is 4.06. The third kappa shape index (κ3) is 3.55. The van der Waals surface area contributed by atoms with Crippen LogP contribution in [0.1, 0.15) is 20.8 Å². The van der Waals surface area contributed by atoms with Gasteiger partial charge >= 0.3 is 6.09 Å². The summed E-state index contributed by atoms with van der Waals surface area (Å²) in [7, 11) is 1.83. The van der Waals surface area contributed by atoms with Crippen LogP contribution in [0.5, 0.6) is 5.88 Å². The van der Waals surface area contributed by atoms with Crippen LogP contribution in [0.3, 0.4) is 0 Å². The minimum Gasteiger partial charge on any atom is -0.476 e. The largest absolute Gasteiger partial charge is 0.476 e. The van der Waals surface area contributed by atoms with E-state index < -0.39 is 11.7 Å². The van der Waals surface area contributed by atoms with E-state index in [-0.39, 0.29) is 5.92 Å². The Morgan fingerprint density at radius 3 is 3.00 bits per heavy atom. The lowest BCUT2D eigenvalue weighted by molar-refractivity contribution is 0.0503. The molecular weight excluding hydrogens is 260 g/mol. The molecule has 1 aliphatic rings. The van der Waals surface area contributed by atoms with Gasteiger partial charge < -0.3 is 20.1 Å². The zero-order valence-electron chi connectivity index (χ0n) is 12.4. The maximum Gasteiger partial charge on any atom is 0.407 e. The standard InChI is InChI=1S/C13H22N4O3/c1-13(2,3)20-12(18)15-5-9-7-17-11(19-8-9)10(14-4)6-16-17/h6,9,14H,5,7-8H2,1-4H3,(H,15,18). The number of nitrogens with one attached hydrogen (secondary N) is 2. The Balaban J connectivity index is 1.83. The summed E-state index contributed by atoms with van der Waals surface area (Å²) in [5.74, 6) is 0.931. The third-order valence-corrected chi connectivity index (χ3v) is 2.88. The molecule has 7 heteroatoms. The van der Waals surface area contributed by atoms with E-state index in [1.807, 2.05) is 27.8 Å². The van der Waals surface area contributed by atoms with Crippen LogP contribution in [-0.4, -0.2) is 41.7 Å². The highest BCUT2D eigenvalue weighted by Gasteiger charge is 2.24. The second-order valence-corrected chi connectivity index (χ2v) is 5.86. The van der Waals surface area contributed by atoms with Crippen molar-refractivity contribution >= 4 is 11.8 Å². The van der Waals surface area contributed by atoms with Crippen molar-refractivity contribution in [1.29, 1.82) is 0 Å². The smallest absolute Gasteiger partial charge is 0.407 e. The van der Waals surface area contributed by atoms with Gasteiger partial charge in [-0.05, 0) is 20.8 Å². The summed E-state index contributed by atoms with van der Waals surface area (Å²) in [6, 6.07) is 0. The molecule has 112 valence electrons. The van der Waals surface area contributed by atoms with Gasteiger partial charge in [0.2, 0.25) is 5.88 Å². The first-order valence-corrected chi connectivity index (χ1v) is 6.72. The lowest BCUT2D eigenvalue weighted by Crippen LogP contribution is -2.39. The Hall–Kier alpha value is -1.92. The predicted octanol–water partition coefficient (Wildman–Crippen LogP) is 1.46. The minimum absolute atomic E-state index is 0.180. The number of hydrogen-bond acceptors (Lipinski definition) is 5. The van der Waals surface area contributed by atoms with Crippen LogP contribution in [-0.2, 0) is 11.3 Å². The van der Waals surface area contributed by atoms with Crippen molar-refractivity contribution in [3.8, 4) is 5.88 Å². The Labute approximate surface area is 118 Å². The van der Waals surface area contributed by atoms with E-state index in [2.05, 4.69) is 15.7 Å². The number of ether oxygens (including phenoxy) is 2. The van der Waals surface area contributed by atoms with Crippen LogP contribution >= 0.6 is 0 Å². The molecule has 0 fully saturated rings. The van der Waals surface area contributed by atoms with Crippen LogP contribution in [0.25, 0.3) is 0 Å². The van der Waals surface area contributed by atoms with Gasteiger partial charge in [-0.1, -0.05) is 0 Å². The van der Waals surface area contributed by atoms with Gasteiger partial charge in [-0.3, -0.25) is 0 Å².